The minimum absolute atomic E-state index is 0.00988. The molecule has 0 aromatic heterocycles. The number of fused-ring (bicyclic) bond motifs is 1. The lowest BCUT2D eigenvalue weighted by molar-refractivity contribution is -0.122. The molecule has 2 aliphatic rings. The average Bonchev–Trinajstić information content (AvgIpc) is 2.84. The summed E-state index contributed by atoms with van der Waals surface area (Å²) in [5, 5.41) is 2.99. The number of nitrogens with zero attached hydrogens (tertiary/aromatic N) is 1. The van der Waals surface area contributed by atoms with E-state index in [0.29, 0.717) is 44.2 Å². The van der Waals surface area contributed by atoms with Crippen molar-refractivity contribution in [2.75, 3.05) is 31.0 Å². The lowest BCUT2D eigenvalue weighted by Crippen LogP contribution is -2.49. The molecule has 2 N–H and O–H groups in total. The number of ether oxygens (including phenoxy) is 2. The number of anilines is 1. The van der Waals surface area contributed by atoms with Crippen molar-refractivity contribution < 1.29 is 27.5 Å². The van der Waals surface area contributed by atoms with Crippen LogP contribution in [0, 0.1) is 0 Å². The Kier molecular flexibility index (Phi) is 7.26. The van der Waals surface area contributed by atoms with Crippen molar-refractivity contribution in [3.63, 3.8) is 0 Å². The SMILES string of the molecule is CCCC(=O)NC1CCCN(C(=O)c2ccccc2NS(=O)(=O)c2ccc3c(c2)OCCO3)C1. The lowest BCUT2D eigenvalue weighted by Gasteiger charge is -2.33. The fourth-order valence-corrected chi connectivity index (χ4v) is 5.22. The van der Waals surface area contributed by atoms with Crippen molar-refractivity contribution in [3.8, 4) is 11.5 Å². The molecule has 2 heterocycles. The summed E-state index contributed by atoms with van der Waals surface area (Å²) in [7, 11) is -3.98. The molecule has 0 bridgehead atoms. The van der Waals surface area contributed by atoms with Crippen LogP contribution in [0.15, 0.2) is 47.4 Å². The van der Waals surface area contributed by atoms with Crippen molar-refractivity contribution in [3.05, 3.63) is 48.0 Å². The zero-order valence-corrected chi connectivity index (χ0v) is 19.9. The van der Waals surface area contributed by atoms with Crippen LogP contribution in [-0.4, -0.2) is 57.5 Å². The minimum Gasteiger partial charge on any atom is -0.486 e. The van der Waals surface area contributed by atoms with Crippen LogP contribution in [0.4, 0.5) is 5.69 Å². The maximum Gasteiger partial charge on any atom is 0.262 e. The Balaban J connectivity index is 1.51. The third kappa shape index (κ3) is 5.44. The van der Waals surface area contributed by atoms with Crippen LogP contribution in [0.2, 0.25) is 0 Å². The second-order valence-electron chi connectivity index (χ2n) is 8.36. The fraction of sp³-hybridized carbons (Fsp3) is 0.417. The molecular formula is C24H29N3O6S. The highest BCUT2D eigenvalue weighted by atomic mass is 32.2. The van der Waals surface area contributed by atoms with Gasteiger partial charge in [0.25, 0.3) is 15.9 Å². The van der Waals surface area contributed by atoms with Gasteiger partial charge in [-0.3, -0.25) is 14.3 Å². The normalized spacial score (nSPS) is 17.7. The van der Waals surface area contributed by atoms with E-state index in [4.69, 9.17) is 9.47 Å². The molecule has 34 heavy (non-hydrogen) atoms. The van der Waals surface area contributed by atoms with Gasteiger partial charge in [-0.25, -0.2) is 8.42 Å². The van der Waals surface area contributed by atoms with E-state index in [1.807, 2.05) is 6.92 Å². The zero-order chi connectivity index (χ0) is 24.1. The van der Waals surface area contributed by atoms with E-state index in [1.54, 1.807) is 35.2 Å². The molecule has 4 rings (SSSR count). The Labute approximate surface area is 199 Å². The molecule has 9 nitrogen and oxygen atoms in total. The molecule has 1 fully saturated rings. The monoisotopic (exact) mass is 487 g/mol. The number of hydrogen-bond donors (Lipinski definition) is 2. The molecule has 182 valence electrons. The van der Waals surface area contributed by atoms with Crippen molar-refractivity contribution in [1.29, 1.82) is 0 Å². The molecule has 2 aromatic rings. The molecule has 2 amide bonds. The first-order valence-corrected chi connectivity index (χ1v) is 13.0. The van der Waals surface area contributed by atoms with E-state index in [9.17, 15) is 18.0 Å². The Morgan fingerprint density at radius 3 is 2.65 bits per heavy atom. The summed E-state index contributed by atoms with van der Waals surface area (Å²) in [4.78, 5) is 27.0. The predicted molar refractivity (Wildman–Crippen MR) is 127 cm³/mol. The van der Waals surface area contributed by atoms with Gasteiger partial charge in [0.05, 0.1) is 16.1 Å². The second kappa shape index (κ2) is 10.3. The van der Waals surface area contributed by atoms with Crippen LogP contribution in [0.3, 0.4) is 0 Å². The Morgan fingerprint density at radius 1 is 1.09 bits per heavy atom. The molecule has 0 aliphatic carbocycles. The standard InChI is InChI=1S/C24H29N3O6S/c1-2-6-23(28)25-17-7-5-12-27(16-17)24(29)19-8-3-4-9-20(19)26-34(30,31)18-10-11-21-22(15-18)33-14-13-32-21/h3-4,8-11,15,17,26H,2,5-7,12-14,16H2,1H3,(H,25,28). The Morgan fingerprint density at radius 2 is 1.85 bits per heavy atom. The molecule has 0 spiro atoms. The predicted octanol–water partition coefficient (Wildman–Crippen LogP) is 2.78. The fourth-order valence-electron chi connectivity index (χ4n) is 4.13. The number of nitrogens with one attached hydrogen (secondary N) is 2. The molecule has 2 aromatic carbocycles. The third-order valence-electron chi connectivity index (χ3n) is 5.78. The van der Waals surface area contributed by atoms with Crippen LogP contribution in [0.5, 0.6) is 11.5 Å². The van der Waals surface area contributed by atoms with Crippen LogP contribution < -0.4 is 19.5 Å². The molecule has 1 unspecified atom stereocenters. The van der Waals surface area contributed by atoms with Gasteiger partial charge in [0.15, 0.2) is 11.5 Å². The van der Waals surface area contributed by atoms with Gasteiger partial charge in [0, 0.05) is 31.6 Å². The van der Waals surface area contributed by atoms with Crippen LogP contribution >= 0.6 is 0 Å². The van der Waals surface area contributed by atoms with E-state index in [2.05, 4.69) is 10.0 Å². The number of rotatable bonds is 7. The number of carbonyl (C=O) groups is 2. The van der Waals surface area contributed by atoms with E-state index < -0.39 is 10.0 Å². The van der Waals surface area contributed by atoms with Gasteiger partial charge < -0.3 is 19.7 Å². The second-order valence-corrected chi connectivity index (χ2v) is 10.0. The summed E-state index contributed by atoms with van der Waals surface area (Å²) >= 11 is 0. The summed E-state index contributed by atoms with van der Waals surface area (Å²) < 4.78 is 39.7. The van der Waals surface area contributed by atoms with Gasteiger partial charge in [-0.2, -0.15) is 0 Å². The maximum atomic E-state index is 13.3. The Bertz CT molecular complexity index is 1170. The highest BCUT2D eigenvalue weighted by Gasteiger charge is 2.28. The van der Waals surface area contributed by atoms with Crippen molar-refractivity contribution in [1.82, 2.24) is 10.2 Å². The number of amides is 2. The smallest absolute Gasteiger partial charge is 0.262 e. The van der Waals surface area contributed by atoms with E-state index >= 15 is 0 Å². The van der Waals surface area contributed by atoms with Gasteiger partial charge in [-0.1, -0.05) is 19.1 Å². The van der Waals surface area contributed by atoms with E-state index in [1.165, 1.54) is 12.1 Å². The molecule has 10 heteroatoms. The summed E-state index contributed by atoms with van der Waals surface area (Å²) in [6.07, 6.45) is 2.78. The summed E-state index contributed by atoms with van der Waals surface area (Å²) in [6, 6.07) is 10.8. The van der Waals surface area contributed by atoms with E-state index in [0.717, 1.165) is 19.3 Å². The lowest BCUT2D eigenvalue weighted by atomic mass is 10.0. The molecule has 0 saturated carbocycles. The first kappa shape index (κ1) is 23.9. The van der Waals surface area contributed by atoms with Gasteiger partial charge in [0.1, 0.15) is 13.2 Å². The molecule has 1 saturated heterocycles. The molecule has 2 aliphatic heterocycles. The number of benzene rings is 2. The van der Waals surface area contributed by atoms with Gasteiger partial charge in [-0.05, 0) is 43.5 Å². The molecular weight excluding hydrogens is 458 g/mol. The number of piperidine rings is 1. The van der Waals surface area contributed by atoms with Crippen molar-refractivity contribution in [2.24, 2.45) is 0 Å². The third-order valence-corrected chi connectivity index (χ3v) is 7.14. The van der Waals surface area contributed by atoms with Crippen LogP contribution in [-0.2, 0) is 14.8 Å². The number of carbonyl (C=O) groups excluding carboxylic acids is 2. The zero-order valence-electron chi connectivity index (χ0n) is 19.1. The van der Waals surface area contributed by atoms with Gasteiger partial charge >= 0.3 is 0 Å². The van der Waals surface area contributed by atoms with E-state index in [-0.39, 0.29) is 34.0 Å². The molecule has 0 radical (unpaired) electrons. The summed E-state index contributed by atoms with van der Waals surface area (Å²) in [6.45, 7) is 3.63. The topological polar surface area (TPSA) is 114 Å². The number of hydrogen-bond acceptors (Lipinski definition) is 6. The largest absolute Gasteiger partial charge is 0.486 e. The quantitative estimate of drug-likeness (QED) is 0.621. The first-order chi connectivity index (χ1) is 16.4. The van der Waals surface area contributed by atoms with Gasteiger partial charge in [-0.15, -0.1) is 0 Å². The first-order valence-electron chi connectivity index (χ1n) is 11.5. The number of para-hydroxylation sites is 1. The highest BCUT2D eigenvalue weighted by Crippen LogP contribution is 2.33. The van der Waals surface area contributed by atoms with Crippen LogP contribution in [0.1, 0.15) is 43.0 Å². The number of likely N-dealkylation sites (tertiary alicyclic amines) is 1. The van der Waals surface area contributed by atoms with Crippen molar-refractivity contribution in [2.45, 2.75) is 43.5 Å². The maximum absolute atomic E-state index is 13.3. The van der Waals surface area contributed by atoms with Gasteiger partial charge in [0.2, 0.25) is 5.91 Å². The van der Waals surface area contributed by atoms with Crippen LogP contribution in [0.25, 0.3) is 0 Å². The summed E-state index contributed by atoms with van der Waals surface area (Å²) in [5.74, 6) is 0.554. The highest BCUT2D eigenvalue weighted by molar-refractivity contribution is 7.92. The Hall–Kier alpha value is -3.27. The number of sulfonamides is 1. The molecule has 1 atom stereocenters. The van der Waals surface area contributed by atoms with Crippen molar-refractivity contribution >= 4 is 27.5 Å². The average molecular weight is 488 g/mol. The minimum atomic E-state index is -3.98. The summed E-state index contributed by atoms with van der Waals surface area (Å²) in [5.41, 5.74) is 0.448.